The molecule has 2 N–H and O–H groups in total. The minimum atomic E-state index is 0. The molecular formula is C17H37IN4. The lowest BCUT2D eigenvalue weighted by Gasteiger charge is -2.33. The molecule has 1 atom stereocenters. The van der Waals surface area contributed by atoms with Gasteiger partial charge in [0.05, 0.1) is 0 Å². The lowest BCUT2D eigenvalue weighted by Crippen LogP contribution is -2.48. The third kappa shape index (κ3) is 9.87. The number of likely N-dealkylation sites (tertiary alicyclic amines) is 1. The van der Waals surface area contributed by atoms with Gasteiger partial charge in [0.25, 0.3) is 0 Å². The topological polar surface area (TPSA) is 39.7 Å². The smallest absolute Gasteiger partial charge is 0.191 e. The van der Waals surface area contributed by atoms with Crippen LogP contribution in [0.15, 0.2) is 4.99 Å². The van der Waals surface area contributed by atoms with Crippen molar-refractivity contribution in [2.24, 2.45) is 16.8 Å². The van der Waals surface area contributed by atoms with Crippen LogP contribution in [0.5, 0.6) is 0 Å². The highest BCUT2D eigenvalue weighted by molar-refractivity contribution is 14.0. The Morgan fingerprint density at radius 2 is 2.00 bits per heavy atom. The van der Waals surface area contributed by atoms with Crippen LogP contribution in [0.3, 0.4) is 0 Å². The van der Waals surface area contributed by atoms with Gasteiger partial charge in [-0.05, 0) is 58.9 Å². The number of piperidine rings is 1. The Morgan fingerprint density at radius 3 is 2.55 bits per heavy atom. The number of hydrogen-bond acceptors (Lipinski definition) is 2. The average molecular weight is 424 g/mol. The Hall–Kier alpha value is -0.0400. The molecule has 0 aliphatic carbocycles. The number of hydrogen-bond donors (Lipinski definition) is 2. The molecule has 1 unspecified atom stereocenters. The quantitative estimate of drug-likeness (QED) is 0.404. The molecule has 4 nitrogen and oxygen atoms in total. The number of guanidine groups is 1. The van der Waals surface area contributed by atoms with Crippen molar-refractivity contribution in [3.63, 3.8) is 0 Å². The van der Waals surface area contributed by atoms with Gasteiger partial charge in [-0.1, -0.05) is 13.8 Å². The molecule has 1 aliphatic rings. The summed E-state index contributed by atoms with van der Waals surface area (Å²) in [6, 6.07) is 0. The molecule has 0 aromatic rings. The summed E-state index contributed by atoms with van der Waals surface area (Å²) in [6.07, 6.45) is 2.63. The monoisotopic (exact) mass is 424 g/mol. The number of halogens is 1. The summed E-state index contributed by atoms with van der Waals surface area (Å²) in [6.45, 7) is 18.8. The standard InChI is InChI=1S/C17H36N4.HI/c1-7-18-16(20-17(4,5)6)19-11-15-9-8-10-21(13-15)12-14(2)3;/h14-15H,7-13H2,1-6H3,(H2,18,19,20);1H. The van der Waals surface area contributed by atoms with Crippen LogP contribution in [0.25, 0.3) is 0 Å². The van der Waals surface area contributed by atoms with E-state index in [0.29, 0.717) is 5.92 Å². The zero-order valence-electron chi connectivity index (χ0n) is 15.4. The maximum absolute atomic E-state index is 4.80. The summed E-state index contributed by atoms with van der Waals surface area (Å²) < 4.78 is 0. The Kier molecular flexibility index (Phi) is 10.7. The van der Waals surface area contributed by atoms with Crippen molar-refractivity contribution in [2.45, 2.75) is 59.9 Å². The molecule has 0 aromatic carbocycles. The summed E-state index contributed by atoms with van der Waals surface area (Å²) in [5, 5.41) is 6.81. The van der Waals surface area contributed by atoms with E-state index in [1.807, 2.05) is 0 Å². The summed E-state index contributed by atoms with van der Waals surface area (Å²) in [7, 11) is 0. The van der Waals surface area contributed by atoms with Gasteiger partial charge in [0, 0.05) is 31.7 Å². The lowest BCUT2D eigenvalue weighted by molar-refractivity contribution is 0.162. The molecule has 0 aromatic heterocycles. The molecule has 0 amide bonds. The minimum absolute atomic E-state index is 0. The highest BCUT2D eigenvalue weighted by Gasteiger charge is 2.20. The van der Waals surface area contributed by atoms with Crippen LogP contribution in [0.2, 0.25) is 0 Å². The predicted octanol–water partition coefficient (Wildman–Crippen LogP) is 3.33. The van der Waals surface area contributed by atoms with E-state index in [1.165, 1.54) is 32.5 Å². The van der Waals surface area contributed by atoms with E-state index in [-0.39, 0.29) is 29.5 Å². The van der Waals surface area contributed by atoms with Crippen LogP contribution >= 0.6 is 24.0 Å². The van der Waals surface area contributed by atoms with E-state index in [1.54, 1.807) is 0 Å². The van der Waals surface area contributed by atoms with Crippen molar-refractivity contribution in [1.29, 1.82) is 0 Å². The van der Waals surface area contributed by atoms with Crippen LogP contribution in [0, 0.1) is 11.8 Å². The van der Waals surface area contributed by atoms with Gasteiger partial charge in [-0.2, -0.15) is 0 Å². The lowest BCUT2D eigenvalue weighted by atomic mass is 9.97. The first-order valence-corrected chi connectivity index (χ1v) is 8.59. The molecule has 0 spiro atoms. The van der Waals surface area contributed by atoms with Gasteiger partial charge >= 0.3 is 0 Å². The molecule has 1 heterocycles. The SMILES string of the molecule is CCNC(=NCC1CCCN(CC(C)C)C1)NC(C)(C)C.I. The molecule has 1 saturated heterocycles. The second-order valence-corrected chi connectivity index (χ2v) is 7.76. The summed E-state index contributed by atoms with van der Waals surface area (Å²) in [4.78, 5) is 7.41. The van der Waals surface area contributed by atoms with Gasteiger partial charge in [0.1, 0.15) is 0 Å². The third-order valence-corrected chi connectivity index (χ3v) is 3.57. The number of nitrogens with one attached hydrogen (secondary N) is 2. The molecule has 0 radical (unpaired) electrons. The molecule has 0 saturated carbocycles. The molecule has 22 heavy (non-hydrogen) atoms. The van der Waals surface area contributed by atoms with Crippen molar-refractivity contribution < 1.29 is 0 Å². The molecule has 0 bridgehead atoms. The number of nitrogens with zero attached hydrogens (tertiary/aromatic N) is 2. The zero-order valence-corrected chi connectivity index (χ0v) is 17.7. The minimum Gasteiger partial charge on any atom is -0.357 e. The summed E-state index contributed by atoms with van der Waals surface area (Å²) >= 11 is 0. The Balaban J connectivity index is 0.00000441. The van der Waals surface area contributed by atoms with Gasteiger partial charge in [0.15, 0.2) is 5.96 Å². The maximum atomic E-state index is 4.80. The Labute approximate surface area is 154 Å². The largest absolute Gasteiger partial charge is 0.357 e. The first-order valence-electron chi connectivity index (χ1n) is 8.59. The zero-order chi connectivity index (χ0) is 15.9. The fourth-order valence-corrected chi connectivity index (χ4v) is 2.87. The van der Waals surface area contributed by atoms with Crippen molar-refractivity contribution in [3.05, 3.63) is 0 Å². The van der Waals surface area contributed by atoms with Gasteiger partial charge < -0.3 is 15.5 Å². The van der Waals surface area contributed by atoms with E-state index in [4.69, 9.17) is 4.99 Å². The highest BCUT2D eigenvalue weighted by atomic mass is 127. The first kappa shape index (κ1) is 22.0. The van der Waals surface area contributed by atoms with Gasteiger partial charge in [-0.25, -0.2) is 0 Å². The highest BCUT2D eigenvalue weighted by Crippen LogP contribution is 2.17. The van der Waals surface area contributed by atoms with Crippen molar-refractivity contribution in [2.75, 3.05) is 32.7 Å². The summed E-state index contributed by atoms with van der Waals surface area (Å²) in [5.74, 6) is 2.41. The average Bonchev–Trinajstić information content (AvgIpc) is 2.34. The normalized spacial score (nSPS) is 20.7. The molecule has 5 heteroatoms. The van der Waals surface area contributed by atoms with Crippen LogP contribution in [-0.2, 0) is 0 Å². The van der Waals surface area contributed by atoms with Gasteiger partial charge in [0.2, 0.25) is 0 Å². The van der Waals surface area contributed by atoms with E-state index in [2.05, 4.69) is 57.1 Å². The molecule has 1 fully saturated rings. The van der Waals surface area contributed by atoms with Crippen LogP contribution in [0.4, 0.5) is 0 Å². The van der Waals surface area contributed by atoms with E-state index < -0.39 is 0 Å². The predicted molar refractivity (Wildman–Crippen MR) is 108 cm³/mol. The fraction of sp³-hybridized carbons (Fsp3) is 0.941. The van der Waals surface area contributed by atoms with Crippen LogP contribution in [0.1, 0.15) is 54.4 Å². The second-order valence-electron chi connectivity index (χ2n) is 7.76. The van der Waals surface area contributed by atoms with Crippen molar-refractivity contribution in [1.82, 2.24) is 15.5 Å². The van der Waals surface area contributed by atoms with Crippen molar-refractivity contribution >= 4 is 29.9 Å². The van der Waals surface area contributed by atoms with Gasteiger partial charge in [-0.15, -0.1) is 24.0 Å². The molecular weight excluding hydrogens is 387 g/mol. The number of aliphatic imine (C=N–C) groups is 1. The fourth-order valence-electron chi connectivity index (χ4n) is 2.87. The molecule has 1 aliphatic heterocycles. The maximum Gasteiger partial charge on any atom is 0.191 e. The van der Waals surface area contributed by atoms with E-state index in [0.717, 1.165) is 25.0 Å². The number of rotatable bonds is 5. The van der Waals surface area contributed by atoms with Crippen LogP contribution < -0.4 is 10.6 Å². The van der Waals surface area contributed by atoms with Gasteiger partial charge in [-0.3, -0.25) is 4.99 Å². The second kappa shape index (κ2) is 10.7. The summed E-state index contributed by atoms with van der Waals surface area (Å²) in [5.41, 5.74) is 0.0528. The van der Waals surface area contributed by atoms with E-state index >= 15 is 0 Å². The Morgan fingerprint density at radius 1 is 1.32 bits per heavy atom. The van der Waals surface area contributed by atoms with E-state index in [9.17, 15) is 0 Å². The first-order chi connectivity index (χ1) is 9.80. The van der Waals surface area contributed by atoms with Crippen molar-refractivity contribution in [3.8, 4) is 0 Å². The molecule has 1 rings (SSSR count). The third-order valence-electron chi connectivity index (χ3n) is 3.57. The molecule has 132 valence electrons. The Bertz CT molecular complexity index is 323. The van der Waals surface area contributed by atoms with Crippen LogP contribution in [-0.4, -0.2) is 49.1 Å².